The molecule has 2 N–H and O–H groups in total. The van der Waals surface area contributed by atoms with Gasteiger partial charge >= 0.3 is 0 Å². The minimum Gasteiger partial charge on any atom is -0.396 e. The highest BCUT2D eigenvalue weighted by Crippen LogP contribution is 2.22. The molecule has 0 aliphatic rings. The Morgan fingerprint density at radius 2 is 2.25 bits per heavy atom. The minimum atomic E-state index is 0.000836. The lowest BCUT2D eigenvalue weighted by molar-refractivity contribution is -0.121. The van der Waals surface area contributed by atoms with Gasteiger partial charge in [-0.25, -0.2) is 0 Å². The van der Waals surface area contributed by atoms with Crippen LogP contribution in [-0.2, 0) is 11.2 Å². The van der Waals surface area contributed by atoms with Crippen molar-refractivity contribution in [2.24, 2.45) is 5.92 Å². The van der Waals surface area contributed by atoms with Crippen LogP contribution < -0.4 is 5.32 Å². The third-order valence-electron chi connectivity index (χ3n) is 2.49. The highest BCUT2D eigenvalue weighted by atomic mass is 79.9. The third-order valence-corrected chi connectivity index (χ3v) is 4.12. The van der Waals surface area contributed by atoms with Crippen molar-refractivity contribution in [2.75, 3.05) is 6.61 Å². The lowest BCUT2D eigenvalue weighted by atomic mass is 10.1. The van der Waals surface area contributed by atoms with Gasteiger partial charge in [-0.05, 0) is 40.9 Å². The molecule has 0 radical (unpaired) electrons. The zero-order chi connectivity index (χ0) is 12.1. The number of carbonyl (C=O) groups is 1. The van der Waals surface area contributed by atoms with E-state index in [9.17, 15) is 4.79 Å². The monoisotopic (exact) mass is 305 g/mol. The number of halogens is 1. The number of nitrogens with one attached hydrogen (secondary N) is 1. The number of amides is 1. The predicted octanol–water partition coefficient (Wildman–Crippen LogP) is 2.19. The number of aliphatic hydroxyl groups excluding tert-OH is 1. The van der Waals surface area contributed by atoms with E-state index in [4.69, 9.17) is 5.11 Å². The van der Waals surface area contributed by atoms with Gasteiger partial charge in [0.15, 0.2) is 0 Å². The lowest BCUT2D eigenvalue weighted by Gasteiger charge is -2.18. The van der Waals surface area contributed by atoms with Crippen LogP contribution in [0.3, 0.4) is 0 Å². The van der Waals surface area contributed by atoms with Crippen molar-refractivity contribution in [2.45, 2.75) is 26.3 Å². The third kappa shape index (κ3) is 4.23. The molecule has 0 spiro atoms. The maximum absolute atomic E-state index is 11.7. The molecule has 0 saturated carbocycles. The molecule has 3 nitrogen and oxygen atoms in total. The van der Waals surface area contributed by atoms with E-state index in [1.807, 2.05) is 26.0 Å². The zero-order valence-electron chi connectivity index (χ0n) is 9.37. The highest BCUT2D eigenvalue weighted by Gasteiger charge is 2.14. The summed E-state index contributed by atoms with van der Waals surface area (Å²) < 4.78 is 1.03. The van der Waals surface area contributed by atoms with E-state index in [1.165, 1.54) is 0 Å². The SMILES string of the molecule is CC(CO)C(C)NC(=O)Cc1ccc(Br)s1. The molecule has 1 aromatic heterocycles. The first-order chi connectivity index (χ1) is 7.52. The molecule has 1 aromatic rings. The van der Waals surface area contributed by atoms with Crippen molar-refractivity contribution in [1.82, 2.24) is 5.32 Å². The Balaban J connectivity index is 2.42. The molecule has 0 aromatic carbocycles. The quantitative estimate of drug-likeness (QED) is 0.876. The fraction of sp³-hybridized carbons (Fsp3) is 0.545. The number of hydrogen-bond acceptors (Lipinski definition) is 3. The van der Waals surface area contributed by atoms with Crippen molar-refractivity contribution in [3.8, 4) is 0 Å². The van der Waals surface area contributed by atoms with Crippen molar-refractivity contribution < 1.29 is 9.90 Å². The van der Waals surface area contributed by atoms with E-state index < -0.39 is 0 Å². The average molecular weight is 306 g/mol. The van der Waals surface area contributed by atoms with Crippen LogP contribution in [0.15, 0.2) is 15.9 Å². The van der Waals surface area contributed by atoms with Crippen molar-refractivity contribution in [3.05, 3.63) is 20.8 Å². The molecule has 1 heterocycles. The summed E-state index contributed by atoms with van der Waals surface area (Å²) in [5, 5.41) is 11.8. The molecule has 5 heteroatoms. The first-order valence-electron chi connectivity index (χ1n) is 5.17. The molecular weight excluding hydrogens is 290 g/mol. The molecule has 2 atom stereocenters. The number of thiophene rings is 1. The van der Waals surface area contributed by atoms with E-state index >= 15 is 0 Å². The van der Waals surface area contributed by atoms with Crippen molar-refractivity contribution in [1.29, 1.82) is 0 Å². The molecule has 90 valence electrons. The first kappa shape index (κ1) is 13.7. The van der Waals surface area contributed by atoms with Crippen LogP contribution in [0.25, 0.3) is 0 Å². The van der Waals surface area contributed by atoms with Gasteiger partial charge in [-0.2, -0.15) is 0 Å². The Kier molecular flexibility index (Phi) is 5.44. The largest absolute Gasteiger partial charge is 0.396 e. The minimum absolute atomic E-state index is 0.000836. The fourth-order valence-electron chi connectivity index (χ4n) is 1.21. The predicted molar refractivity (Wildman–Crippen MR) is 69.6 cm³/mol. The number of rotatable bonds is 5. The van der Waals surface area contributed by atoms with Gasteiger partial charge in [-0.3, -0.25) is 4.79 Å². The van der Waals surface area contributed by atoms with Gasteiger partial charge in [-0.1, -0.05) is 6.92 Å². The molecule has 0 fully saturated rings. The van der Waals surface area contributed by atoms with Crippen molar-refractivity contribution >= 4 is 33.2 Å². The molecule has 2 unspecified atom stereocenters. The normalized spacial score (nSPS) is 14.5. The van der Waals surface area contributed by atoms with E-state index in [1.54, 1.807) is 11.3 Å². The van der Waals surface area contributed by atoms with Gasteiger partial charge < -0.3 is 10.4 Å². The van der Waals surface area contributed by atoms with Gasteiger partial charge in [0.25, 0.3) is 0 Å². The summed E-state index contributed by atoms with van der Waals surface area (Å²) in [7, 11) is 0. The van der Waals surface area contributed by atoms with Crippen LogP contribution in [0.1, 0.15) is 18.7 Å². The Labute approximate surface area is 108 Å². The maximum Gasteiger partial charge on any atom is 0.225 e. The van der Waals surface area contributed by atoms with Gasteiger partial charge in [0.2, 0.25) is 5.91 Å². The number of hydrogen-bond donors (Lipinski definition) is 2. The fourth-order valence-corrected chi connectivity index (χ4v) is 2.69. The Hall–Kier alpha value is -0.390. The Morgan fingerprint density at radius 1 is 1.56 bits per heavy atom. The summed E-state index contributed by atoms with van der Waals surface area (Å²) in [6.07, 6.45) is 0.402. The van der Waals surface area contributed by atoms with Gasteiger partial charge in [-0.15, -0.1) is 11.3 Å². The van der Waals surface area contributed by atoms with Crippen molar-refractivity contribution in [3.63, 3.8) is 0 Å². The second-order valence-electron chi connectivity index (χ2n) is 3.90. The van der Waals surface area contributed by atoms with Gasteiger partial charge in [0.1, 0.15) is 0 Å². The standard InChI is InChI=1S/C11H16BrNO2S/c1-7(6-14)8(2)13-11(15)5-9-3-4-10(12)16-9/h3-4,7-8,14H,5-6H2,1-2H3,(H,13,15). The first-order valence-corrected chi connectivity index (χ1v) is 6.78. The lowest BCUT2D eigenvalue weighted by Crippen LogP contribution is -2.39. The summed E-state index contributed by atoms with van der Waals surface area (Å²) in [4.78, 5) is 12.7. The second kappa shape index (κ2) is 6.37. The van der Waals surface area contributed by atoms with E-state index in [2.05, 4.69) is 21.2 Å². The molecule has 0 saturated heterocycles. The Morgan fingerprint density at radius 3 is 2.75 bits per heavy atom. The zero-order valence-corrected chi connectivity index (χ0v) is 11.8. The molecule has 0 bridgehead atoms. The number of carbonyl (C=O) groups excluding carboxylic acids is 1. The molecule has 1 rings (SSSR count). The molecule has 16 heavy (non-hydrogen) atoms. The topological polar surface area (TPSA) is 49.3 Å². The number of aliphatic hydroxyl groups is 1. The molecular formula is C11H16BrNO2S. The van der Waals surface area contributed by atoms with Gasteiger partial charge in [0.05, 0.1) is 10.2 Å². The smallest absolute Gasteiger partial charge is 0.225 e. The highest BCUT2D eigenvalue weighted by molar-refractivity contribution is 9.11. The second-order valence-corrected chi connectivity index (χ2v) is 6.45. The van der Waals surface area contributed by atoms with E-state index in [0.717, 1.165) is 8.66 Å². The van der Waals surface area contributed by atoms with Crippen LogP contribution >= 0.6 is 27.3 Å². The van der Waals surface area contributed by atoms with Crippen LogP contribution in [0.5, 0.6) is 0 Å². The summed E-state index contributed by atoms with van der Waals surface area (Å²) in [6.45, 7) is 3.90. The molecule has 0 aliphatic heterocycles. The summed E-state index contributed by atoms with van der Waals surface area (Å²) in [6, 6.07) is 3.88. The maximum atomic E-state index is 11.7. The molecule has 0 aliphatic carbocycles. The Bertz CT molecular complexity index is 354. The summed E-state index contributed by atoms with van der Waals surface area (Å²) in [5.41, 5.74) is 0. The van der Waals surface area contributed by atoms with Crippen LogP contribution in [0, 0.1) is 5.92 Å². The van der Waals surface area contributed by atoms with Crippen LogP contribution in [-0.4, -0.2) is 23.7 Å². The van der Waals surface area contributed by atoms with E-state index in [0.29, 0.717) is 6.42 Å². The summed E-state index contributed by atoms with van der Waals surface area (Å²) >= 11 is 4.92. The summed E-state index contributed by atoms with van der Waals surface area (Å²) in [5.74, 6) is 0.0844. The van der Waals surface area contributed by atoms with E-state index in [-0.39, 0.29) is 24.5 Å². The average Bonchev–Trinajstić information content (AvgIpc) is 2.62. The van der Waals surface area contributed by atoms with Crippen LogP contribution in [0.2, 0.25) is 0 Å². The van der Waals surface area contributed by atoms with Crippen LogP contribution in [0.4, 0.5) is 0 Å². The molecule has 1 amide bonds. The van der Waals surface area contributed by atoms with Gasteiger partial charge in [0, 0.05) is 17.5 Å².